The fourth-order valence-corrected chi connectivity index (χ4v) is 7.60. The molecule has 1 heterocycles. The molecule has 9 rings (SSSR count). The summed E-state index contributed by atoms with van der Waals surface area (Å²) in [6, 6.07) is 59.1. The van der Waals surface area contributed by atoms with E-state index in [2.05, 4.69) is 155 Å². The maximum Gasteiger partial charge on any atom is 0.198 e. The van der Waals surface area contributed by atoms with Crippen LogP contribution in [-0.4, -0.2) is 4.57 Å². The molecule has 0 aliphatic carbocycles. The summed E-state index contributed by atoms with van der Waals surface area (Å²) in [6.07, 6.45) is 0. The van der Waals surface area contributed by atoms with Gasteiger partial charge in [-0.15, -0.1) is 0 Å². The van der Waals surface area contributed by atoms with E-state index < -0.39 is 0 Å². The zero-order valence-corrected chi connectivity index (χ0v) is 26.4. The van der Waals surface area contributed by atoms with E-state index in [0.717, 1.165) is 49.7 Å². The van der Waals surface area contributed by atoms with Crippen LogP contribution in [0.2, 0.25) is 0 Å². The molecule has 0 atom stereocenters. The minimum atomic E-state index is 0.446. The second kappa shape index (κ2) is 11.4. The standard InChI is InChI=1S/C46H27N3/c1-48-40-26-30(29-47)27-43(49-41-24-11-9-18-34(41)35-19-10-12-25-42(35)49)46(40)33-17-13-16-32(28-33)45-38-22-7-5-20-36(38)44(31-14-3-2-4-15-31)37-21-6-8-23-39(37)45/h2-28H. The van der Waals surface area contributed by atoms with Crippen LogP contribution in [0.1, 0.15) is 5.56 Å². The molecule has 49 heavy (non-hydrogen) atoms. The van der Waals surface area contributed by atoms with Gasteiger partial charge < -0.3 is 4.57 Å². The monoisotopic (exact) mass is 621 g/mol. The van der Waals surface area contributed by atoms with E-state index in [-0.39, 0.29) is 0 Å². The predicted molar refractivity (Wildman–Crippen MR) is 203 cm³/mol. The van der Waals surface area contributed by atoms with Crippen LogP contribution in [0, 0.1) is 17.9 Å². The number of hydrogen-bond donors (Lipinski definition) is 0. The van der Waals surface area contributed by atoms with Crippen LogP contribution in [0.15, 0.2) is 164 Å². The summed E-state index contributed by atoms with van der Waals surface area (Å²) in [6.45, 7) is 8.30. The van der Waals surface area contributed by atoms with E-state index >= 15 is 0 Å². The average Bonchev–Trinajstić information content (AvgIpc) is 3.51. The lowest BCUT2D eigenvalue weighted by molar-refractivity contribution is 1.18. The molecule has 0 aliphatic heterocycles. The lowest BCUT2D eigenvalue weighted by Gasteiger charge is -2.19. The summed E-state index contributed by atoms with van der Waals surface area (Å²) in [4.78, 5) is 4.02. The Morgan fingerprint density at radius 3 is 1.43 bits per heavy atom. The summed E-state index contributed by atoms with van der Waals surface area (Å²) >= 11 is 0. The van der Waals surface area contributed by atoms with Gasteiger partial charge in [-0.05, 0) is 79.7 Å². The van der Waals surface area contributed by atoms with Crippen LogP contribution in [0.25, 0.3) is 87.3 Å². The molecular weight excluding hydrogens is 595 g/mol. The average molecular weight is 622 g/mol. The van der Waals surface area contributed by atoms with Crippen LogP contribution < -0.4 is 0 Å². The van der Waals surface area contributed by atoms with Crippen molar-refractivity contribution in [3.63, 3.8) is 0 Å². The number of aromatic nitrogens is 1. The van der Waals surface area contributed by atoms with Gasteiger partial charge in [0.15, 0.2) is 5.69 Å². The zero-order valence-electron chi connectivity index (χ0n) is 26.4. The first-order valence-corrected chi connectivity index (χ1v) is 16.3. The topological polar surface area (TPSA) is 33.1 Å². The number of nitrogens with zero attached hydrogens (tertiary/aromatic N) is 3. The van der Waals surface area contributed by atoms with Gasteiger partial charge in [0.25, 0.3) is 0 Å². The molecule has 0 N–H and O–H groups in total. The number of benzene rings is 8. The molecule has 3 nitrogen and oxygen atoms in total. The zero-order chi connectivity index (χ0) is 32.9. The highest BCUT2D eigenvalue weighted by Gasteiger charge is 2.21. The second-order valence-corrected chi connectivity index (χ2v) is 12.3. The Balaban J connectivity index is 1.36. The molecule has 8 aromatic carbocycles. The predicted octanol–water partition coefficient (Wildman–Crippen LogP) is 12.5. The van der Waals surface area contributed by atoms with Crippen molar-refractivity contribution in [2.24, 2.45) is 0 Å². The first-order valence-electron chi connectivity index (χ1n) is 16.3. The number of nitriles is 1. The van der Waals surface area contributed by atoms with Crippen LogP contribution in [0.4, 0.5) is 5.69 Å². The molecule has 0 aliphatic rings. The third-order valence-electron chi connectivity index (χ3n) is 9.60. The van der Waals surface area contributed by atoms with Crippen molar-refractivity contribution < 1.29 is 0 Å². The Morgan fingerprint density at radius 1 is 0.449 bits per heavy atom. The van der Waals surface area contributed by atoms with Gasteiger partial charge in [-0.1, -0.05) is 133 Å². The first kappa shape index (κ1) is 28.3. The molecule has 0 unspecified atom stereocenters. The van der Waals surface area contributed by atoms with E-state index in [0.29, 0.717) is 11.3 Å². The molecule has 1 aromatic heterocycles. The fraction of sp³-hybridized carbons (Fsp3) is 0. The van der Waals surface area contributed by atoms with Gasteiger partial charge in [-0.2, -0.15) is 5.26 Å². The van der Waals surface area contributed by atoms with E-state index in [4.69, 9.17) is 6.57 Å². The molecular formula is C46H27N3. The highest BCUT2D eigenvalue weighted by molar-refractivity contribution is 6.21. The Kier molecular flexibility index (Phi) is 6.58. The number of fused-ring (bicyclic) bond motifs is 5. The van der Waals surface area contributed by atoms with Crippen molar-refractivity contribution in [1.82, 2.24) is 4.57 Å². The number of para-hydroxylation sites is 2. The summed E-state index contributed by atoms with van der Waals surface area (Å²) in [7, 11) is 0. The van der Waals surface area contributed by atoms with Crippen molar-refractivity contribution in [2.75, 3.05) is 0 Å². The third-order valence-corrected chi connectivity index (χ3v) is 9.60. The van der Waals surface area contributed by atoms with Crippen molar-refractivity contribution in [2.45, 2.75) is 0 Å². The van der Waals surface area contributed by atoms with Gasteiger partial charge in [0.2, 0.25) is 0 Å². The molecule has 226 valence electrons. The van der Waals surface area contributed by atoms with Gasteiger partial charge in [-0.3, -0.25) is 0 Å². The minimum Gasteiger partial charge on any atom is -0.310 e. The summed E-state index contributed by atoms with van der Waals surface area (Å²) in [5, 5.41) is 17.1. The van der Waals surface area contributed by atoms with Gasteiger partial charge in [-0.25, -0.2) is 4.85 Å². The van der Waals surface area contributed by atoms with Crippen LogP contribution in [0.3, 0.4) is 0 Å². The lowest BCUT2D eigenvalue weighted by atomic mass is 9.85. The fourth-order valence-electron chi connectivity index (χ4n) is 7.60. The Hall–Kier alpha value is -6.94. The van der Waals surface area contributed by atoms with Crippen molar-refractivity contribution in [3.05, 3.63) is 181 Å². The quantitative estimate of drug-likeness (QED) is 0.142. The smallest absolute Gasteiger partial charge is 0.198 e. The van der Waals surface area contributed by atoms with Crippen molar-refractivity contribution in [3.8, 4) is 45.1 Å². The molecule has 0 saturated heterocycles. The summed E-state index contributed by atoms with van der Waals surface area (Å²) in [5.41, 5.74) is 10.1. The van der Waals surface area contributed by atoms with Gasteiger partial charge in [0.1, 0.15) is 0 Å². The second-order valence-electron chi connectivity index (χ2n) is 12.3. The molecule has 0 radical (unpaired) electrons. The summed E-state index contributed by atoms with van der Waals surface area (Å²) in [5.74, 6) is 0. The van der Waals surface area contributed by atoms with Gasteiger partial charge >= 0.3 is 0 Å². The third kappa shape index (κ3) is 4.42. The molecule has 3 heteroatoms. The van der Waals surface area contributed by atoms with Crippen LogP contribution in [-0.2, 0) is 0 Å². The first-order chi connectivity index (χ1) is 24.2. The Morgan fingerprint density at radius 2 is 0.898 bits per heavy atom. The summed E-state index contributed by atoms with van der Waals surface area (Å²) < 4.78 is 2.21. The number of rotatable bonds is 4. The van der Waals surface area contributed by atoms with E-state index in [1.54, 1.807) is 6.07 Å². The maximum absolute atomic E-state index is 10.1. The molecule has 0 fully saturated rings. The molecule has 0 bridgehead atoms. The molecule has 0 saturated carbocycles. The Labute approximate surface area is 284 Å². The van der Waals surface area contributed by atoms with E-state index in [9.17, 15) is 5.26 Å². The normalized spacial score (nSPS) is 11.2. The molecule has 0 spiro atoms. The highest BCUT2D eigenvalue weighted by Crippen LogP contribution is 2.46. The van der Waals surface area contributed by atoms with Crippen LogP contribution >= 0.6 is 0 Å². The van der Waals surface area contributed by atoms with Gasteiger partial charge in [0, 0.05) is 27.6 Å². The maximum atomic E-state index is 10.1. The number of hydrogen-bond acceptors (Lipinski definition) is 1. The van der Waals surface area contributed by atoms with Gasteiger partial charge in [0.05, 0.1) is 23.7 Å². The lowest BCUT2D eigenvalue weighted by Crippen LogP contribution is -1.99. The van der Waals surface area contributed by atoms with Crippen molar-refractivity contribution in [1.29, 1.82) is 5.26 Å². The minimum absolute atomic E-state index is 0.446. The highest BCUT2D eigenvalue weighted by atomic mass is 15.0. The van der Waals surface area contributed by atoms with E-state index in [1.807, 2.05) is 18.2 Å². The largest absolute Gasteiger partial charge is 0.310 e. The Bertz CT molecular complexity index is 2740. The van der Waals surface area contributed by atoms with Crippen LogP contribution in [0.5, 0.6) is 0 Å². The van der Waals surface area contributed by atoms with Crippen molar-refractivity contribution >= 4 is 49.0 Å². The molecule has 0 amide bonds. The molecule has 9 aromatic rings. The SMILES string of the molecule is [C-]#[N+]c1cc(C#N)cc(-n2c3ccccc3c3ccccc32)c1-c1cccc(-c2c3ccccc3c(-c3ccccc3)c3ccccc23)c1. The van der Waals surface area contributed by atoms with E-state index in [1.165, 1.54) is 32.7 Å².